The highest BCUT2D eigenvalue weighted by Gasteiger charge is 2.23. The molecule has 156 valence electrons. The van der Waals surface area contributed by atoms with Crippen molar-refractivity contribution in [3.05, 3.63) is 53.6 Å². The Morgan fingerprint density at radius 2 is 1.62 bits per heavy atom. The molecule has 1 amide bonds. The lowest BCUT2D eigenvalue weighted by Crippen LogP contribution is -2.37. The molecule has 0 fully saturated rings. The molecule has 0 bridgehead atoms. The molecular weight excluding hydrogens is 416 g/mol. The van der Waals surface area contributed by atoms with E-state index in [9.17, 15) is 21.6 Å². The molecule has 5 N–H and O–H groups in total. The Labute approximate surface area is 169 Å². The van der Waals surface area contributed by atoms with Crippen LogP contribution in [0.25, 0.3) is 0 Å². The molecular formula is C18H22N4O5S2. The van der Waals surface area contributed by atoms with Crippen molar-refractivity contribution in [2.75, 3.05) is 18.0 Å². The van der Waals surface area contributed by atoms with Crippen LogP contribution in [0.2, 0.25) is 0 Å². The van der Waals surface area contributed by atoms with Crippen LogP contribution in [0, 0.1) is 0 Å². The third-order valence-electron chi connectivity index (χ3n) is 4.79. The van der Waals surface area contributed by atoms with Gasteiger partial charge in [0.2, 0.25) is 26.0 Å². The summed E-state index contributed by atoms with van der Waals surface area (Å²) in [5.41, 5.74) is 2.37. The Morgan fingerprint density at radius 3 is 2.21 bits per heavy atom. The Bertz CT molecular complexity index is 1150. The smallest absolute Gasteiger partial charge is 0.239 e. The number of nitrogens with zero attached hydrogens (tertiary/aromatic N) is 1. The topological polar surface area (TPSA) is 153 Å². The molecule has 1 heterocycles. The maximum atomic E-state index is 12.5. The number of hydrogen-bond acceptors (Lipinski definition) is 6. The normalized spacial score (nSPS) is 15.1. The van der Waals surface area contributed by atoms with E-state index in [-0.39, 0.29) is 28.3 Å². The minimum atomic E-state index is -3.77. The highest BCUT2D eigenvalue weighted by atomic mass is 32.2. The number of fused-ring (bicyclic) bond motifs is 1. The fourth-order valence-corrected chi connectivity index (χ4v) is 4.36. The van der Waals surface area contributed by atoms with Crippen LogP contribution in [-0.2, 0) is 31.3 Å². The number of anilines is 1. The van der Waals surface area contributed by atoms with Crippen LogP contribution in [0.1, 0.15) is 24.1 Å². The van der Waals surface area contributed by atoms with Crippen LogP contribution in [0.15, 0.2) is 52.3 Å². The summed E-state index contributed by atoms with van der Waals surface area (Å²) in [6.45, 7) is 2.50. The SMILES string of the molecule is CC(NC(=O)CN1CCc2cc(S(N)(=O)=O)ccc21)c1ccc(S(N)(=O)=O)cc1. The highest BCUT2D eigenvalue weighted by molar-refractivity contribution is 7.89. The van der Waals surface area contributed by atoms with Crippen molar-refractivity contribution in [3.63, 3.8) is 0 Å². The lowest BCUT2D eigenvalue weighted by molar-refractivity contribution is -0.120. The summed E-state index contributed by atoms with van der Waals surface area (Å²) in [7, 11) is -7.53. The molecule has 0 aromatic heterocycles. The van der Waals surface area contributed by atoms with Gasteiger partial charge in [-0.05, 0) is 54.8 Å². The summed E-state index contributed by atoms with van der Waals surface area (Å²) in [5, 5.41) is 13.1. The fraction of sp³-hybridized carbons (Fsp3) is 0.278. The maximum Gasteiger partial charge on any atom is 0.239 e. The molecule has 1 unspecified atom stereocenters. The number of hydrogen-bond donors (Lipinski definition) is 3. The van der Waals surface area contributed by atoms with E-state index < -0.39 is 20.0 Å². The number of carbonyl (C=O) groups excluding carboxylic acids is 1. The Hall–Kier alpha value is -2.47. The van der Waals surface area contributed by atoms with E-state index in [0.29, 0.717) is 13.0 Å². The minimum absolute atomic E-state index is 0.00677. The number of rotatable bonds is 6. The van der Waals surface area contributed by atoms with Gasteiger partial charge in [-0.1, -0.05) is 12.1 Å². The van der Waals surface area contributed by atoms with Crippen molar-refractivity contribution in [1.82, 2.24) is 5.32 Å². The summed E-state index contributed by atoms with van der Waals surface area (Å²) in [4.78, 5) is 14.4. The van der Waals surface area contributed by atoms with Crippen molar-refractivity contribution in [3.8, 4) is 0 Å². The number of nitrogens with one attached hydrogen (secondary N) is 1. The van der Waals surface area contributed by atoms with Crippen LogP contribution in [-0.4, -0.2) is 35.8 Å². The molecule has 0 saturated carbocycles. The Morgan fingerprint density at radius 1 is 1.03 bits per heavy atom. The third-order valence-corrected chi connectivity index (χ3v) is 6.63. The van der Waals surface area contributed by atoms with Gasteiger partial charge >= 0.3 is 0 Å². The number of benzene rings is 2. The van der Waals surface area contributed by atoms with Crippen LogP contribution in [0.4, 0.5) is 5.69 Å². The lowest BCUT2D eigenvalue weighted by Gasteiger charge is -2.21. The Kier molecular flexibility index (Phi) is 5.68. The monoisotopic (exact) mass is 438 g/mol. The van der Waals surface area contributed by atoms with Crippen molar-refractivity contribution in [2.45, 2.75) is 29.2 Å². The van der Waals surface area contributed by atoms with Gasteiger partial charge in [0.05, 0.1) is 22.4 Å². The molecule has 0 spiro atoms. The van der Waals surface area contributed by atoms with Gasteiger partial charge in [-0.3, -0.25) is 4.79 Å². The van der Waals surface area contributed by atoms with Crippen LogP contribution >= 0.6 is 0 Å². The lowest BCUT2D eigenvalue weighted by atomic mass is 10.1. The first-order valence-corrected chi connectivity index (χ1v) is 11.9. The van der Waals surface area contributed by atoms with E-state index in [1.54, 1.807) is 25.1 Å². The van der Waals surface area contributed by atoms with E-state index in [0.717, 1.165) is 16.8 Å². The van der Waals surface area contributed by atoms with Gasteiger partial charge < -0.3 is 10.2 Å². The molecule has 1 aliphatic heterocycles. The van der Waals surface area contributed by atoms with Crippen molar-refractivity contribution >= 4 is 31.6 Å². The number of primary sulfonamides is 2. The molecule has 9 nitrogen and oxygen atoms in total. The Balaban J connectivity index is 1.65. The number of sulfonamides is 2. The second kappa shape index (κ2) is 7.75. The van der Waals surface area contributed by atoms with Gasteiger partial charge in [-0.15, -0.1) is 0 Å². The first kappa shape index (κ1) is 21.2. The number of carbonyl (C=O) groups is 1. The third kappa shape index (κ3) is 4.93. The van der Waals surface area contributed by atoms with E-state index in [1.807, 2.05) is 4.90 Å². The standard InChI is InChI=1S/C18H22N4O5S2/c1-12(13-2-4-15(5-3-13)28(19,24)25)21-18(23)11-22-9-8-14-10-16(29(20,26)27)6-7-17(14)22/h2-7,10,12H,8-9,11H2,1H3,(H,21,23)(H2,19,24,25)(H2,20,26,27). The zero-order valence-corrected chi connectivity index (χ0v) is 17.3. The summed E-state index contributed by atoms with van der Waals surface area (Å²) in [6.07, 6.45) is 0.622. The van der Waals surface area contributed by atoms with Crippen molar-refractivity contribution in [1.29, 1.82) is 0 Å². The number of amides is 1. The second-order valence-electron chi connectivity index (χ2n) is 6.91. The van der Waals surface area contributed by atoms with Gasteiger partial charge in [0.25, 0.3) is 0 Å². The van der Waals surface area contributed by atoms with Crippen molar-refractivity contribution in [2.24, 2.45) is 10.3 Å². The summed E-state index contributed by atoms with van der Waals surface area (Å²) in [5.74, 6) is -0.212. The maximum absolute atomic E-state index is 12.5. The molecule has 0 aliphatic carbocycles. The second-order valence-corrected chi connectivity index (χ2v) is 10.0. The molecule has 2 aromatic rings. The van der Waals surface area contributed by atoms with E-state index in [2.05, 4.69) is 5.32 Å². The van der Waals surface area contributed by atoms with Crippen LogP contribution < -0.4 is 20.5 Å². The van der Waals surface area contributed by atoms with Gasteiger partial charge in [-0.25, -0.2) is 27.1 Å². The average molecular weight is 439 g/mol. The van der Waals surface area contributed by atoms with Gasteiger partial charge in [0.1, 0.15) is 0 Å². The van der Waals surface area contributed by atoms with Crippen molar-refractivity contribution < 1.29 is 21.6 Å². The quantitative estimate of drug-likeness (QED) is 0.586. The first-order valence-electron chi connectivity index (χ1n) is 8.78. The summed E-state index contributed by atoms with van der Waals surface area (Å²) < 4.78 is 45.6. The van der Waals surface area contributed by atoms with Gasteiger partial charge in [0, 0.05) is 12.2 Å². The average Bonchev–Trinajstić information content (AvgIpc) is 3.02. The summed E-state index contributed by atoms with van der Waals surface area (Å²) >= 11 is 0. The van der Waals surface area contributed by atoms with Crippen LogP contribution in [0.5, 0.6) is 0 Å². The van der Waals surface area contributed by atoms with Crippen LogP contribution in [0.3, 0.4) is 0 Å². The fourth-order valence-electron chi connectivity index (χ4n) is 3.28. The highest BCUT2D eigenvalue weighted by Crippen LogP contribution is 2.29. The van der Waals surface area contributed by atoms with E-state index >= 15 is 0 Å². The largest absolute Gasteiger partial charge is 0.362 e. The van der Waals surface area contributed by atoms with E-state index in [4.69, 9.17) is 10.3 Å². The zero-order chi connectivity index (χ0) is 21.4. The molecule has 0 saturated heterocycles. The summed E-state index contributed by atoms with van der Waals surface area (Å²) in [6, 6.07) is 10.3. The molecule has 3 rings (SSSR count). The molecule has 1 aliphatic rings. The molecule has 0 radical (unpaired) electrons. The minimum Gasteiger partial charge on any atom is -0.362 e. The molecule has 1 atom stereocenters. The molecule has 11 heteroatoms. The van der Waals surface area contributed by atoms with Gasteiger partial charge in [-0.2, -0.15) is 0 Å². The van der Waals surface area contributed by atoms with E-state index in [1.165, 1.54) is 24.3 Å². The number of nitrogens with two attached hydrogens (primary N) is 2. The predicted octanol–water partition coefficient (Wildman–Crippen LogP) is 0.221. The zero-order valence-electron chi connectivity index (χ0n) is 15.7. The molecule has 2 aromatic carbocycles. The predicted molar refractivity (Wildman–Crippen MR) is 108 cm³/mol. The molecule has 29 heavy (non-hydrogen) atoms. The van der Waals surface area contributed by atoms with Gasteiger partial charge in [0.15, 0.2) is 0 Å². The first-order chi connectivity index (χ1) is 13.4.